The van der Waals surface area contributed by atoms with Gasteiger partial charge in [0.15, 0.2) is 12.4 Å². The van der Waals surface area contributed by atoms with Crippen LogP contribution in [-0.4, -0.2) is 67.3 Å². The second-order valence-corrected chi connectivity index (χ2v) is 8.94. The molecule has 0 spiro atoms. The molecule has 1 N–H and O–H groups in total. The van der Waals surface area contributed by atoms with Crippen LogP contribution in [0.4, 0.5) is 5.69 Å². The van der Waals surface area contributed by atoms with E-state index in [1.54, 1.807) is 17.0 Å². The molecule has 8 nitrogen and oxygen atoms in total. The molecule has 1 fully saturated rings. The Morgan fingerprint density at radius 1 is 1.18 bits per heavy atom. The van der Waals surface area contributed by atoms with Crippen LogP contribution in [0.3, 0.4) is 0 Å². The maximum atomic E-state index is 13.3. The summed E-state index contributed by atoms with van der Waals surface area (Å²) in [5.41, 5.74) is 2.36. The number of Topliss-reactive ketones (excluding diaryl/α,β-unsaturated/α-hetero) is 1. The van der Waals surface area contributed by atoms with Crippen LogP contribution in [0, 0.1) is 0 Å². The zero-order chi connectivity index (χ0) is 24.1. The Hall–Kier alpha value is -3.39. The minimum absolute atomic E-state index is 0.00138. The van der Waals surface area contributed by atoms with Crippen molar-refractivity contribution in [3.8, 4) is 11.5 Å². The molecule has 34 heavy (non-hydrogen) atoms. The molecule has 2 aromatic rings. The molecule has 0 bridgehead atoms. The molecule has 2 amide bonds. The molecule has 1 saturated heterocycles. The number of nitrogens with one attached hydrogen (secondary N) is 1. The minimum atomic E-state index is -0.203. The van der Waals surface area contributed by atoms with Crippen molar-refractivity contribution < 1.29 is 23.9 Å². The molecule has 0 aromatic heterocycles. The summed E-state index contributed by atoms with van der Waals surface area (Å²) in [6, 6.07) is 12.9. The van der Waals surface area contributed by atoms with Gasteiger partial charge in [-0.05, 0) is 68.2 Å². The number of benzene rings is 2. The summed E-state index contributed by atoms with van der Waals surface area (Å²) in [5.74, 6) is 0.953. The summed E-state index contributed by atoms with van der Waals surface area (Å²) in [5, 5.41) is 2.79. The molecule has 2 aliphatic rings. The Morgan fingerprint density at radius 2 is 1.97 bits per heavy atom. The first-order chi connectivity index (χ1) is 16.4. The summed E-state index contributed by atoms with van der Waals surface area (Å²) < 4.78 is 11.0. The number of nitrogens with zero attached hydrogens (tertiary/aromatic N) is 2. The lowest BCUT2D eigenvalue weighted by Crippen LogP contribution is -2.39. The van der Waals surface area contributed by atoms with Crippen LogP contribution in [0.2, 0.25) is 0 Å². The highest BCUT2D eigenvalue weighted by molar-refractivity contribution is 5.95. The Labute approximate surface area is 199 Å². The van der Waals surface area contributed by atoms with E-state index < -0.39 is 0 Å². The standard InChI is InChI=1S/C26H31N3O5/c1-18(30)16-33-21-7-5-6-20(14-21)23(15-29-10-3-4-11-29)28(2)26(32)13-19-8-9-24-22(12-19)27-25(31)17-34-24/h5-9,12,14,23H,3-4,10-11,13,15-17H2,1-2H3,(H,27,31). The summed E-state index contributed by atoms with van der Waals surface area (Å²) >= 11 is 0. The predicted molar refractivity (Wildman–Crippen MR) is 128 cm³/mol. The summed E-state index contributed by atoms with van der Waals surface area (Å²) in [7, 11) is 1.83. The van der Waals surface area contributed by atoms with Crippen molar-refractivity contribution >= 4 is 23.3 Å². The van der Waals surface area contributed by atoms with Crippen LogP contribution < -0.4 is 14.8 Å². The monoisotopic (exact) mass is 465 g/mol. The third-order valence-corrected chi connectivity index (χ3v) is 6.21. The smallest absolute Gasteiger partial charge is 0.262 e. The van der Waals surface area contributed by atoms with Crippen molar-refractivity contribution in [2.24, 2.45) is 0 Å². The highest BCUT2D eigenvalue weighted by Crippen LogP contribution is 2.30. The van der Waals surface area contributed by atoms with E-state index in [0.717, 1.165) is 43.6 Å². The average molecular weight is 466 g/mol. The number of fused-ring (bicyclic) bond motifs is 1. The van der Waals surface area contributed by atoms with Gasteiger partial charge in [-0.2, -0.15) is 0 Å². The number of rotatable bonds is 9. The van der Waals surface area contributed by atoms with E-state index in [1.165, 1.54) is 6.92 Å². The lowest BCUT2D eigenvalue weighted by atomic mass is 10.0. The van der Waals surface area contributed by atoms with Crippen LogP contribution in [0.15, 0.2) is 42.5 Å². The molecular weight excluding hydrogens is 434 g/mol. The summed E-state index contributed by atoms with van der Waals surface area (Å²) in [6.45, 7) is 4.28. The van der Waals surface area contributed by atoms with Crippen molar-refractivity contribution in [2.45, 2.75) is 32.2 Å². The molecule has 0 aliphatic carbocycles. The quantitative estimate of drug-likeness (QED) is 0.613. The van der Waals surface area contributed by atoms with Crippen LogP contribution in [-0.2, 0) is 20.8 Å². The number of ether oxygens (including phenoxy) is 2. The number of amides is 2. The van der Waals surface area contributed by atoms with Gasteiger partial charge in [0.25, 0.3) is 5.91 Å². The number of likely N-dealkylation sites (tertiary alicyclic amines) is 1. The SMILES string of the molecule is CC(=O)COc1cccc(C(CN2CCCC2)N(C)C(=O)Cc2ccc3c(c2)NC(=O)CO3)c1. The van der Waals surface area contributed by atoms with Crippen molar-refractivity contribution in [1.29, 1.82) is 0 Å². The second-order valence-electron chi connectivity index (χ2n) is 8.94. The van der Waals surface area contributed by atoms with Gasteiger partial charge < -0.3 is 24.6 Å². The minimum Gasteiger partial charge on any atom is -0.486 e. The fraction of sp³-hybridized carbons (Fsp3) is 0.423. The topological polar surface area (TPSA) is 88.2 Å². The van der Waals surface area contributed by atoms with Gasteiger partial charge in [-0.1, -0.05) is 18.2 Å². The van der Waals surface area contributed by atoms with E-state index in [9.17, 15) is 14.4 Å². The first kappa shape index (κ1) is 23.8. The van der Waals surface area contributed by atoms with Gasteiger partial charge in [-0.3, -0.25) is 14.4 Å². The van der Waals surface area contributed by atoms with E-state index in [1.807, 2.05) is 37.4 Å². The fourth-order valence-corrected chi connectivity index (χ4v) is 4.37. The lowest BCUT2D eigenvalue weighted by molar-refractivity contribution is -0.131. The first-order valence-corrected chi connectivity index (χ1v) is 11.6. The Bertz CT molecular complexity index is 1060. The summed E-state index contributed by atoms with van der Waals surface area (Å²) in [4.78, 5) is 40.5. The first-order valence-electron chi connectivity index (χ1n) is 11.6. The molecule has 2 heterocycles. The molecule has 1 atom stereocenters. The van der Waals surface area contributed by atoms with Crippen molar-refractivity contribution in [3.63, 3.8) is 0 Å². The van der Waals surface area contributed by atoms with Crippen molar-refractivity contribution in [3.05, 3.63) is 53.6 Å². The van der Waals surface area contributed by atoms with Gasteiger partial charge in [0, 0.05) is 13.6 Å². The molecule has 4 rings (SSSR count). The zero-order valence-corrected chi connectivity index (χ0v) is 19.7. The third kappa shape index (κ3) is 5.94. The number of anilines is 1. The van der Waals surface area contributed by atoms with Crippen LogP contribution in [0.25, 0.3) is 0 Å². The molecule has 8 heteroatoms. The molecule has 1 unspecified atom stereocenters. The maximum absolute atomic E-state index is 13.3. The van der Waals surface area contributed by atoms with Gasteiger partial charge >= 0.3 is 0 Å². The predicted octanol–water partition coefficient (Wildman–Crippen LogP) is 2.82. The van der Waals surface area contributed by atoms with E-state index in [4.69, 9.17) is 9.47 Å². The molecule has 0 saturated carbocycles. The van der Waals surface area contributed by atoms with Gasteiger partial charge in [-0.25, -0.2) is 0 Å². The Kier molecular flexibility index (Phi) is 7.47. The maximum Gasteiger partial charge on any atom is 0.262 e. The molecule has 180 valence electrons. The molecule has 2 aliphatic heterocycles. The van der Waals surface area contributed by atoms with Crippen molar-refractivity contribution in [1.82, 2.24) is 9.80 Å². The largest absolute Gasteiger partial charge is 0.486 e. The van der Waals surface area contributed by atoms with Crippen molar-refractivity contribution in [2.75, 3.05) is 45.2 Å². The lowest BCUT2D eigenvalue weighted by Gasteiger charge is -2.32. The van der Waals surface area contributed by atoms with E-state index >= 15 is 0 Å². The molecule has 2 aromatic carbocycles. The van der Waals surface area contributed by atoms with E-state index in [2.05, 4.69) is 10.2 Å². The number of carbonyl (C=O) groups excluding carboxylic acids is 3. The van der Waals surface area contributed by atoms with Gasteiger partial charge in [0.05, 0.1) is 18.2 Å². The normalized spacial score (nSPS) is 16.2. The third-order valence-electron chi connectivity index (χ3n) is 6.21. The van der Waals surface area contributed by atoms with Gasteiger partial charge in [-0.15, -0.1) is 0 Å². The molecular formula is C26H31N3O5. The molecule has 0 radical (unpaired) electrons. The second kappa shape index (κ2) is 10.7. The summed E-state index contributed by atoms with van der Waals surface area (Å²) in [6.07, 6.45) is 2.53. The number of hydrogen-bond acceptors (Lipinski definition) is 6. The fourth-order valence-electron chi connectivity index (χ4n) is 4.37. The number of likely N-dealkylation sites (N-methyl/N-ethyl adjacent to an activating group) is 1. The average Bonchev–Trinajstić information content (AvgIpc) is 3.34. The van der Waals surface area contributed by atoms with Crippen LogP contribution in [0.1, 0.15) is 36.9 Å². The number of hydrogen-bond donors (Lipinski definition) is 1. The highest BCUT2D eigenvalue weighted by Gasteiger charge is 2.26. The van der Waals surface area contributed by atoms with Crippen LogP contribution in [0.5, 0.6) is 11.5 Å². The zero-order valence-electron chi connectivity index (χ0n) is 19.7. The van der Waals surface area contributed by atoms with Gasteiger partial charge in [0.2, 0.25) is 5.91 Å². The van der Waals surface area contributed by atoms with Gasteiger partial charge in [0.1, 0.15) is 18.1 Å². The highest BCUT2D eigenvalue weighted by atomic mass is 16.5. The van der Waals surface area contributed by atoms with E-state index in [0.29, 0.717) is 17.2 Å². The van der Waals surface area contributed by atoms with Crippen LogP contribution >= 0.6 is 0 Å². The van der Waals surface area contributed by atoms with E-state index in [-0.39, 0.29) is 43.3 Å². The number of ketones is 1. The Balaban J connectivity index is 1.52. The Morgan fingerprint density at radius 3 is 2.74 bits per heavy atom. The number of carbonyl (C=O) groups is 3.